The third kappa shape index (κ3) is 2.53. The van der Waals surface area contributed by atoms with E-state index in [4.69, 9.17) is 5.73 Å². The Bertz CT molecular complexity index is 471. The number of benzene rings is 1. The van der Waals surface area contributed by atoms with Crippen molar-refractivity contribution in [3.8, 4) is 0 Å². The summed E-state index contributed by atoms with van der Waals surface area (Å²) < 4.78 is 0. The highest BCUT2D eigenvalue weighted by molar-refractivity contribution is 5.97. The zero-order valence-corrected chi connectivity index (χ0v) is 10.6. The number of hydrogen-bond acceptors (Lipinski definition) is 2. The van der Waals surface area contributed by atoms with Crippen LogP contribution in [0.4, 0.5) is 5.69 Å². The Balaban J connectivity index is 2.20. The quantitative estimate of drug-likeness (QED) is 0.878. The minimum atomic E-state index is -0.429. The molecule has 0 aliphatic carbocycles. The van der Waals surface area contributed by atoms with Gasteiger partial charge in [-0.25, -0.2) is 0 Å². The summed E-state index contributed by atoms with van der Waals surface area (Å²) in [6.07, 6.45) is 2.08. The number of carbonyl (C=O) groups excluding carboxylic acids is 2. The zero-order chi connectivity index (χ0) is 13.1. The van der Waals surface area contributed by atoms with E-state index in [-0.39, 0.29) is 18.2 Å². The van der Waals surface area contributed by atoms with Gasteiger partial charge in [0.1, 0.15) is 0 Å². The van der Waals surface area contributed by atoms with Crippen LogP contribution in [0.3, 0.4) is 0 Å². The lowest BCUT2D eigenvalue weighted by atomic mass is 9.99. The van der Waals surface area contributed by atoms with E-state index in [2.05, 4.69) is 0 Å². The van der Waals surface area contributed by atoms with E-state index >= 15 is 0 Å². The highest BCUT2D eigenvalue weighted by atomic mass is 16.2. The average Bonchev–Trinajstić information content (AvgIpc) is 2.36. The Labute approximate surface area is 107 Å². The first-order valence-corrected chi connectivity index (χ1v) is 6.27. The lowest BCUT2D eigenvalue weighted by Gasteiger charge is -2.31. The first-order chi connectivity index (χ1) is 8.59. The van der Waals surface area contributed by atoms with Gasteiger partial charge in [-0.15, -0.1) is 0 Å². The predicted octanol–water partition coefficient (Wildman–Crippen LogP) is 1.48. The molecule has 1 aromatic carbocycles. The van der Waals surface area contributed by atoms with Crippen molar-refractivity contribution in [1.82, 2.24) is 0 Å². The van der Waals surface area contributed by atoms with Gasteiger partial charge in [0.15, 0.2) is 0 Å². The molecule has 2 rings (SSSR count). The molecule has 0 aromatic heterocycles. The fraction of sp³-hybridized carbons (Fsp3) is 0.429. The summed E-state index contributed by atoms with van der Waals surface area (Å²) >= 11 is 0. The minimum Gasteiger partial charge on any atom is -0.370 e. The van der Waals surface area contributed by atoms with Gasteiger partial charge in [0.25, 0.3) is 0 Å². The second-order valence-corrected chi connectivity index (χ2v) is 4.79. The lowest BCUT2D eigenvalue weighted by molar-refractivity contribution is -0.126. The first-order valence-electron chi connectivity index (χ1n) is 6.27. The molecule has 0 saturated heterocycles. The van der Waals surface area contributed by atoms with Crippen molar-refractivity contribution in [3.63, 3.8) is 0 Å². The molecular formula is C14H18N2O2. The van der Waals surface area contributed by atoms with E-state index < -0.39 is 5.91 Å². The maximum atomic E-state index is 12.3. The molecule has 0 bridgehead atoms. The molecular weight excluding hydrogens is 228 g/mol. The number of amides is 2. The topological polar surface area (TPSA) is 63.4 Å². The Hall–Kier alpha value is -1.84. The van der Waals surface area contributed by atoms with Gasteiger partial charge in [0.05, 0.1) is 0 Å². The largest absolute Gasteiger partial charge is 0.370 e. The van der Waals surface area contributed by atoms with Gasteiger partial charge >= 0.3 is 0 Å². The van der Waals surface area contributed by atoms with Crippen LogP contribution in [0.5, 0.6) is 0 Å². The van der Waals surface area contributed by atoms with Crippen LogP contribution in [0.25, 0.3) is 0 Å². The fourth-order valence-electron chi connectivity index (χ4n) is 2.42. The highest BCUT2D eigenvalue weighted by Crippen LogP contribution is 2.28. The van der Waals surface area contributed by atoms with Gasteiger partial charge < -0.3 is 10.6 Å². The average molecular weight is 246 g/mol. The lowest BCUT2D eigenvalue weighted by Crippen LogP contribution is -2.40. The summed E-state index contributed by atoms with van der Waals surface area (Å²) in [4.78, 5) is 25.0. The number of carbonyl (C=O) groups is 2. The van der Waals surface area contributed by atoms with Gasteiger partial charge in [0.2, 0.25) is 11.8 Å². The SMILES string of the molecule is CC(CC(N)=O)C(=O)N1CCCc2ccccc21. The van der Waals surface area contributed by atoms with Gasteiger partial charge in [-0.3, -0.25) is 9.59 Å². The van der Waals surface area contributed by atoms with Crippen LogP contribution in [0.15, 0.2) is 24.3 Å². The molecule has 4 heteroatoms. The molecule has 2 N–H and O–H groups in total. The normalized spacial score (nSPS) is 15.9. The number of nitrogens with two attached hydrogens (primary N) is 1. The number of primary amides is 1. The van der Waals surface area contributed by atoms with E-state index in [0.29, 0.717) is 0 Å². The van der Waals surface area contributed by atoms with Crippen molar-refractivity contribution >= 4 is 17.5 Å². The van der Waals surface area contributed by atoms with Gasteiger partial charge in [-0.05, 0) is 24.5 Å². The minimum absolute atomic E-state index is 0.0130. The molecule has 0 spiro atoms. The number of fused-ring (bicyclic) bond motifs is 1. The van der Waals surface area contributed by atoms with Crippen LogP contribution in [-0.2, 0) is 16.0 Å². The van der Waals surface area contributed by atoms with Gasteiger partial charge in [-0.2, -0.15) is 0 Å². The smallest absolute Gasteiger partial charge is 0.230 e. The maximum absolute atomic E-state index is 12.3. The van der Waals surface area contributed by atoms with Crippen molar-refractivity contribution in [3.05, 3.63) is 29.8 Å². The number of anilines is 1. The van der Waals surface area contributed by atoms with Gasteiger partial charge in [-0.1, -0.05) is 25.1 Å². The Morgan fingerprint density at radius 1 is 1.39 bits per heavy atom. The standard InChI is InChI=1S/C14H18N2O2/c1-10(9-13(15)17)14(18)16-8-4-6-11-5-2-3-7-12(11)16/h2-3,5,7,10H,4,6,8-9H2,1H3,(H2,15,17). The summed E-state index contributed by atoms with van der Waals surface area (Å²) in [5.41, 5.74) is 7.32. The summed E-state index contributed by atoms with van der Waals surface area (Å²) in [5.74, 6) is -0.796. The van der Waals surface area contributed by atoms with E-state index in [1.54, 1.807) is 11.8 Å². The summed E-state index contributed by atoms with van der Waals surface area (Å²) in [7, 11) is 0. The molecule has 0 radical (unpaired) electrons. The van der Waals surface area contributed by atoms with Crippen molar-refractivity contribution in [2.75, 3.05) is 11.4 Å². The number of rotatable bonds is 3. The van der Waals surface area contributed by atoms with Crippen molar-refractivity contribution in [2.45, 2.75) is 26.2 Å². The number of aryl methyl sites for hydroxylation is 1. The Kier molecular flexibility index (Phi) is 3.65. The molecule has 0 fully saturated rings. The molecule has 2 amide bonds. The van der Waals surface area contributed by atoms with E-state index in [0.717, 1.165) is 25.1 Å². The predicted molar refractivity (Wildman–Crippen MR) is 70.1 cm³/mol. The number of nitrogens with zero attached hydrogens (tertiary/aromatic N) is 1. The fourth-order valence-corrected chi connectivity index (χ4v) is 2.42. The molecule has 1 aliphatic heterocycles. The Morgan fingerprint density at radius 3 is 2.83 bits per heavy atom. The highest BCUT2D eigenvalue weighted by Gasteiger charge is 2.26. The molecule has 4 nitrogen and oxygen atoms in total. The van der Waals surface area contributed by atoms with Crippen LogP contribution >= 0.6 is 0 Å². The third-order valence-corrected chi connectivity index (χ3v) is 3.31. The number of hydrogen-bond donors (Lipinski definition) is 1. The number of para-hydroxylation sites is 1. The first kappa shape index (κ1) is 12.6. The summed E-state index contributed by atoms with van der Waals surface area (Å²) in [5, 5.41) is 0. The monoisotopic (exact) mass is 246 g/mol. The van der Waals surface area contributed by atoms with Crippen molar-refractivity contribution in [2.24, 2.45) is 11.7 Å². The molecule has 1 unspecified atom stereocenters. The molecule has 1 aromatic rings. The molecule has 18 heavy (non-hydrogen) atoms. The van der Waals surface area contributed by atoms with Gasteiger partial charge in [0, 0.05) is 24.6 Å². The summed E-state index contributed by atoms with van der Waals surface area (Å²) in [6.45, 7) is 2.48. The van der Waals surface area contributed by atoms with Crippen LogP contribution in [0.1, 0.15) is 25.3 Å². The Morgan fingerprint density at radius 2 is 2.11 bits per heavy atom. The van der Waals surface area contributed by atoms with Crippen LogP contribution in [0, 0.1) is 5.92 Å². The van der Waals surface area contributed by atoms with Crippen LogP contribution in [-0.4, -0.2) is 18.4 Å². The van der Waals surface area contributed by atoms with Crippen LogP contribution < -0.4 is 10.6 Å². The molecule has 1 aliphatic rings. The van der Waals surface area contributed by atoms with E-state index in [1.165, 1.54) is 5.56 Å². The molecule has 96 valence electrons. The second kappa shape index (κ2) is 5.21. The maximum Gasteiger partial charge on any atom is 0.230 e. The van der Waals surface area contributed by atoms with E-state index in [1.807, 2.05) is 24.3 Å². The van der Waals surface area contributed by atoms with Crippen LogP contribution in [0.2, 0.25) is 0 Å². The molecule has 1 heterocycles. The van der Waals surface area contributed by atoms with E-state index in [9.17, 15) is 9.59 Å². The molecule has 1 atom stereocenters. The summed E-state index contributed by atoms with van der Waals surface area (Å²) in [6, 6.07) is 7.93. The zero-order valence-electron chi connectivity index (χ0n) is 10.6. The second-order valence-electron chi connectivity index (χ2n) is 4.79. The van der Waals surface area contributed by atoms with Crippen molar-refractivity contribution < 1.29 is 9.59 Å². The van der Waals surface area contributed by atoms with Crippen molar-refractivity contribution in [1.29, 1.82) is 0 Å². The third-order valence-electron chi connectivity index (χ3n) is 3.31. The molecule has 0 saturated carbocycles.